The predicted molar refractivity (Wildman–Crippen MR) is 71.7 cm³/mol. The molecule has 0 unspecified atom stereocenters. The van der Waals surface area contributed by atoms with Crippen molar-refractivity contribution in [3.05, 3.63) is 24.3 Å². The highest BCUT2D eigenvalue weighted by atomic mass is 15.0. The predicted octanol–water partition coefficient (Wildman–Crippen LogP) is 2.46. The Kier molecular flexibility index (Phi) is 5.72. The number of hydrogen-bond acceptors (Lipinski definition) is 3. The summed E-state index contributed by atoms with van der Waals surface area (Å²) in [5.41, 5.74) is 7.77. The Morgan fingerprint density at radius 1 is 1.19 bits per heavy atom. The Balaban J connectivity index is 0.000000606. The molecule has 3 nitrogen and oxygen atoms in total. The number of nitrogens with one attached hydrogen (secondary N) is 2. The van der Waals surface area contributed by atoms with Crippen molar-refractivity contribution in [2.75, 3.05) is 24.1 Å². The van der Waals surface area contributed by atoms with Crippen LogP contribution in [0, 0.1) is 0 Å². The maximum Gasteiger partial charge on any atom is 0.0576 e. The van der Waals surface area contributed by atoms with Gasteiger partial charge in [-0.15, -0.1) is 0 Å². The lowest BCUT2D eigenvalue weighted by Crippen LogP contribution is -2.35. The first kappa shape index (κ1) is 12.8. The van der Waals surface area contributed by atoms with Crippen molar-refractivity contribution < 1.29 is 0 Å². The summed E-state index contributed by atoms with van der Waals surface area (Å²) in [6.07, 6.45) is 2.35. The normalized spacial score (nSPS) is 16.1. The number of rotatable bonds is 2. The number of benzene rings is 1. The van der Waals surface area contributed by atoms with E-state index in [1.54, 1.807) is 0 Å². The van der Waals surface area contributed by atoms with E-state index in [1.165, 1.54) is 12.8 Å². The number of para-hydroxylation sites is 2. The fraction of sp³-hybridized carbons (Fsp3) is 0.538. The van der Waals surface area contributed by atoms with Crippen LogP contribution in [-0.2, 0) is 0 Å². The quantitative estimate of drug-likeness (QED) is 0.672. The van der Waals surface area contributed by atoms with E-state index in [1.807, 2.05) is 38.1 Å². The maximum absolute atomic E-state index is 5.86. The number of anilines is 2. The molecule has 0 atom stereocenters. The van der Waals surface area contributed by atoms with Crippen molar-refractivity contribution in [2.24, 2.45) is 0 Å². The molecular weight excluding hydrogens is 198 g/mol. The van der Waals surface area contributed by atoms with Crippen LogP contribution in [0.1, 0.15) is 26.7 Å². The summed E-state index contributed by atoms with van der Waals surface area (Å²) in [4.78, 5) is 0. The van der Waals surface area contributed by atoms with E-state index in [2.05, 4.69) is 10.6 Å². The van der Waals surface area contributed by atoms with Crippen LogP contribution in [0.2, 0.25) is 0 Å². The van der Waals surface area contributed by atoms with Gasteiger partial charge in [0, 0.05) is 6.04 Å². The van der Waals surface area contributed by atoms with Gasteiger partial charge in [-0.1, -0.05) is 26.0 Å². The van der Waals surface area contributed by atoms with Crippen LogP contribution in [0.5, 0.6) is 0 Å². The molecule has 0 bridgehead atoms. The van der Waals surface area contributed by atoms with E-state index in [-0.39, 0.29) is 0 Å². The van der Waals surface area contributed by atoms with Crippen molar-refractivity contribution >= 4 is 11.4 Å². The monoisotopic (exact) mass is 221 g/mol. The van der Waals surface area contributed by atoms with Gasteiger partial charge in [0.25, 0.3) is 0 Å². The van der Waals surface area contributed by atoms with E-state index in [0.29, 0.717) is 6.04 Å². The SMILES string of the molecule is CC.Nc1ccccc1NC1CCNCC1. The molecule has 16 heavy (non-hydrogen) atoms. The van der Waals surface area contributed by atoms with Gasteiger partial charge in [-0.25, -0.2) is 0 Å². The van der Waals surface area contributed by atoms with E-state index < -0.39 is 0 Å². The van der Waals surface area contributed by atoms with Crippen LogP contribution in [0.3, 0.4) is 0 Å². The summed E-state index contributed by atoms with van der Waals surface area (Å²) in [5.74, 6) is 0. The molecule has 1 saturated heterocycles. The third-order valence-corrected chi connectivity index (χ3v) is 2.66. The second-order valence-corrected chi connectivity index (χ2v) is 3.76. The van der Waals surface area contributed by atoms with Gasteiger partial charge in [0.2, 0.25) is 0 Å². The zero-order chi connectivity index (χ0) is 11.8. The van der Waals surface area contributed by atoms with Crippen LogP contribution < -0.4 is 16.4 Å². The molecule has 0 saturated carbocycles. The molecule has 0 aliphatic carbocycles. The topological polar surface area (TPSA) is 50.1 Å². The summed E-state index contributed by atoms with van der Waals surface area (Å²) in [5, 5.41) is 6.83. The molecule has 1 aromatic rings. The van der Waals surface area contributed by atoms with Gasteiger partial charge >= 0.3 is 0 Å². The molecule has 3 heteroatoms. The Bertz CT molecular complexity index is 293. The zero-order valence-electron chi connectivity index (χ0n) is 10.3. The number of hydrogen-bond donors (Lipinski definition) is 3. The molecule has 1 heterocycles. The van der Waals surface area contributed by atoms with Crippen LogP contribution >= 0.6 is 0 Å². The van der Waals surface area contributed by atoms with Crippen molar-refractivity contribution in [2.45, 2.75) is 32.7 Å². The molecule has 0 aromatic heterocycles. The summed E-state index contributed by atoms with van der Waals surface area (Å²) in [7, 11) is 0. The first-order valence-electron chi connectivity index (χ1n) is 6.18. The molecule has 1 aliphatic rings. The minimum Gasteiger partial charge on any atom is -0.397 e. The molecule has 2 rings (SSSR count). The Morgan fingerprint density at radius 3 is 2.44 bits per heavy atom. The highest BCUT2D eigenvalue weighted by Gasteiger charge is 2.12. The minimum absolute atomic E-state index is 0.570. The Labute approximate surface area is 98.4 Å². The van der Waals surface area contributed by atoms with Crippen LogP contribution in [0.15, 0.2) is 24.3 Å². The summed E-state index contributed by atoms with van der Waals surface area (Å²) in [6.45, 7) is 6.20. The molecule has 0 amide bonds. The largest absolute Gasteiger partial charge is 0.397 e. The van der Waals surface area contributed by atoms with E-state index >= 15 is 0 Å². The van der Waals surface area contributed by atoms with Crippen LogP contribution in [0.4, 0.5) is 11.4 Å². The van der Waals surface area contributed by atoms with E-state index in [0.717, 1.165) is 24.5 Å². The van der Waals surface area contributed by atoms with Gasteiger partial charge in [-0.3, -0.25) is 0 Å². The first-order chi connectivity index (χ1) is 7.86. The zero-order valence-corrected chi connectivity index (χ0v) is 10.3. The Morgan fingerprint density at radius 2 is 1.81 bits per heavy atom. The standard InChI is InChI=1S/C11H17N3.C2H6/c12-10-3-1-2-4-11(10)14-9-5-7-13-8-6-9;1-2/h1-4,9,13-14H,5-8,12H2;1-2H3. The molecular formula is C13H23N3. The first-order valence-corrected chi connectivity index (χ1v) is 6.18. The molecule has 90 valence electrons. The lowest BCUT2D eigenvalue weighted by molar-refractivity contribution is 0.479. The third kappa shape index (κ3) is 3.74. The molecule has 0 radical (unpaired) electrons. The molecule has 1 fully saturated rings. The average molecular weight is 221 g/mol. The molecule has 1 aromatic carbocycles. The second kappa shape index (κ2) is 7.12. The van der Waals surface area contributed by atoms with Crippen molar-refractivity contribution in [3.8, 4) is 0 Å². The van der Waals surface area contributed by atoms with Crippen LogP contribution in [-0.4, -0.2) is 19.1 Å². The fourth-order valence-corrected chi connectivity index (χ4v) is 1.81. The van der Waals surface area contributed by atoms with Gasteiger partial charge in [0.15, 0.2) is 0 Å². The van der Waals surface area contributed by atoms with Gasteiger partial charge < -0.3 is 16.4 Å². The van der Waals surface area contributed by atoms with Gasteiger partial charge in [-0.2, -0.15) is 0 Å². The van der Waals surface area contributed by atoms with Crippen molar-refractivity contribution in [1.82, 2.24) is 5.32 Å². The maximum atomic E-state index is 5.86. The number of nitrogens with two attached hydrogens (primary N) is 1. The van der Waals surface area contributed by atoms with Crippen molar-refractivity contribution in [1.29, 1.82) is 0 Å². The highest BCUT2D eigenvalue weighted by molar-refractivity contribution is 5.65. The van der Waals surface area contributed by atoms with Gasteiger partial charge in [0.05, 0.1) is 11.4 Å². The summed E-state index contributed by atoms with van der Waals surface area (Å²) < 4.78 is 0. The van der Waals surface area contributed by atoms with Crippen LogP contribution in [0.25, 0.3) is 0 Å². The minimum atomic E-state index is 0.570. The van der Waals surface area contributed by atoms with E-state index in [4.69, 9.17) is 5.73 Å². The molecule has 4 N–H and O–H groups in total. The van der Waals surface area contributed by atoms with Gasteiger partial charge in [0.1, 0.15) is 0 Å². The highest BCUT2D eigenvalue weighted by Crippen LogP contribution is 2.19. The average Bonchev–Trinajstić information content (AvgIpc) is 2.36. The van der Waals surface area contributed by atoms with E-state index in [9.17, 15) is 0 Å². The lowest BCUT2D eigenvalue weighted by Gasteiger charge is -2.25. The molecule has 1 aliphatic heterocycles. The summed E-state index contributed by atoms with van der Waals surface area (Å²) >= 11 is 0. The summed E-state index contributed by atoms with van der Waals surface area (Å²) in [6, 6.07) is 8.52. The number of nitrogen functional groups attached to an aromatic ring is 1. The van der Waals surface area contributed by atoms with Crippen molar-refractivity contribution in [3.63, 3.8) is 0 Å². The molecule has 0 spiro atoms. The smallest absolute Gasteiger partial charge is 0.0576 e. The lowest BCUT2D eigenvalue weighted by atomic mass is 10.1. The second-order valence-electron chi connectivity index (χ2n) is 3.76. The number of piperidine rings is 1. The fourth-order valence-electron chi connectivity index (χ4n) is 1.81. The van der Waals surface area contributed by atoms with Gasteiger partial charge in [-0.05, 0) is 38.1 Å². The third-order valence-electron chi connectivity index (χ3n) is 2.66. The Hall–Kier alpha value is -1.22.